The van der Waals surface area contributed by atoms with Gasteiger partial charge in [0.2, 0.25) is 0 Å². The van der Waals surface area contributed by atoms with Crippen molar-refractivity contribution in [2.75, 3.05) is 6.26 Å². The molecule has 0 radical (unpaired) electrons. The second-order valence-corrected chi connectivity index (χ2v) is 6.34. The van der Waals surface area contributed by atoms with Crippen LogP contribution in [0.1, 0.15) is 36.0 Å². The first kappa shape index (κ1) is 14.7. The SMILES string of the molecule is CSC1CCCC(NC(=O)c2c(F)cccc2Cl)C1. The average Bonchev–Trinajstić information content (AvgIpc) is 2.38. The first-order valence-corrected chi connectivity index (χ1v) is 8.06. The lowest BCUT2D eigenvalue weighted by molar-refractivity contribution is 0.0924. The Bertz CT molecular complexity index is 449. The van der Waals surface area contributed by atoms with Gasteiger partial charge in [0.05, 0.1) is 10.6 Å². The van der Waals surface area contributed by atoms with E-state index in [4.69, 9.17) is 11.6 Å². The summed E-state index contributed by atoms with van der Waals surface area (Å²) in [7, 11) is 0. The molecule has 1 amide bonds. The van der Waals surface area contributed by atoms with E-state index in [0.29, 0.717) is 5.25 Å². The number of carbonyl (C=O) groups excluding carboxylic acids is 1. The molecule has 1 aromatic carbocycles. The van der Waals surface area contributed by atoms with E-state index in [1.165, 1.54) is 24.6 Å². The van der Waals surface area contributed by atoms with Crippen LogP contribution in [0.15, 0.2) is 18.2 Å². The molecular formula is C14H17ClFNOS. The Morgan fingerprint density at radius 2 is 2.26 bits per heavy atom. The molecule has 104 valence electrons. The van der Waals surface area contributed by atoms with E-state index in [0.717, 1.165) is 19.3 Å². The smallest absolute Gasteiger partial charge is 0.255 e. The highest BCUT2D eigenvalue weighted by atomic mass is 35.5. The number of hydrogen-bond donors (Lipinski definition) is 1. The summed E-state index contributed by atoms with van der Waals surface area (Å²) in [4.78, 5) is 12.1. The molecule has 2 nitrogen and oxygen atoms in total. The number of nitrogens with one attached hydrogen (secondary N) is 1. The number of carbonyl (C=O) groups is 1. The number of thioether (sulfide) groups is 1. The third kappa shape index (κ3) is 3.63. The normalized spacial score (nSPS) is 23.1. The molecule has 1 aliphatic carbocycles. The van der Waals surface area contributed by atoms with Crippen molar-refractivity contribution in [3.05, 3.63) is 34.6 Å². The molecule has 1 fully saturated rings. The molecule has 0 saturated heterocycles. The Morgan fingerprint density at radius 3 is 2.95 bits per heavy atom. The second kappa shape index (κ2) is 6.62. The van der Waals surface area contributed by atoms with Crippen molar-refractivity contribution < 1.29 is 9.18 Å². The maximum absolute atomic E-state index is 13.6. The Hall–Kier alpha value is -0.740. The summed E-state index contributed by atoms with van der Waals surface area (Å²) in [6.45, 7) is 0. The summed E-state index contributed by atoms with van der Waals surface area (Å²) >= 11 is 7.72. The standard InChI is InChI=1S/C14H17ClFNOS/c1-19-10-5-2-4-9(8-10)17-14(18)13-11(15)6-3-7-12(13)16/h3,6-7,9-10H,2,4-5,8H2,1H3,(H,17,18). The summed E-state index contributed by atoms with van der Waals surface area (Å²) in [5.74, 6) is -0.975. The van der Waals surface area contributed by atoms with E-state index in [1.54, 1.807) is 0 Å². The van der Waals surface area contributed by atoms with Crippen LogP contribution in [-0.2, 0) is 0 Å². The minimum absolute atomic E-state index is 0.0459. The minimum Gasteiger partial charge on any atom is -0.349 e. The van der Waals surface area contributed by atoms with Gasteiger partial charge in [-0.3, -0.25) is 4.79 Å². The van der Waals surface area contributed by atoms with E-state index < -0.39 is 11.7 Å². The molecule has 2 atom stereocenters. The van der Waals surface area contributed by atoms with Crippen LogP contribution in [0.25, 0.3) is 0 Å². The molecule has 1 N–H and O–H groups in total. The van der Waals surface area contributed by atoms with Gasteiger partial charge < -0.3 is 5.32 Å². The molecule has 2 unspecified atom stereocenters. The van der Waals surface area contributed by atoms with Crippen LogP contribution in [-0.4, -0.2) is 23.5 Å². The number of benzene rings is 1. The zero-order valence-electron chi connectivity index (χ0n) is 10.8. The van der Waals surface area contributed by atoms with Crippen molar-refractivity contribution in [1.29, 1.82) is 0 Å². The van der Waals surface area contributed by atoms with Gasteiger partial charge in [-0.1, -0.05) is 24.1 Å². The number of hydrogen-bond acceptors (Lipinski definition) is 2. The van der Waals surface area contributed by atoms with Crippen molar-refractivity contribution in [3.63, 3.8) is 0 Å². The monoisotopic (exact) mass is 301 g/mol. The van der Waals surface area contributed by atoms with Crippen molar-refractivity contribution in [2.45, 2.75) is 37.0 Å². The molecule has 0 bridgehead atoms. The predicted octanol–water partition coefficient (Wildman–Crippen LogP) is 3.88. The van der Waals surface area contributed by atoms with Gasteiger partial charge in [0, 0.05) is 11.3 Å². The van der Waals surface area contributed by atoms with Gasteiger partial charge >= 0.3 is 0 Å². The van der Waals surface area contributed by atoms with Gasteiger partial charge in [-0.15, -0.1) is 0 Å². The van der Waals surface area contributed by atoms with Crippen LogP contribution < -0.4 is 5.32 Å². The molecule has 0 aromatic heterocycles. The van der Waals surface area contributed by atoms with Gasteiger partial charge in [-0.25, -0.2) is 4.39 Å². The van der Waals surface area contributed by atoms with E-state index in [2.05, 4.69) is 11.6 Å². The summed E-state index contributed by atoms with van der Waals surface area (Å²) in [6.07, 6.45) is 6.27. The predicted molar refractivity (Wildman–Crippen MR) is 78.4 cm³/mol. The van der Waals surface area contributed by atoms with Crippen molar-refractivity contribution in [1.82, 2.24) is 5.32 Å². The topological polar surface area (TPSA) is 29.1 Å². The highest BCUT2D eigenvalue weighted by Crippen LogP contribution is 2.27. The lowest BCUT2D eigenvalue weighted by Gasteiger charge is -2.28. The molecule has 1 aliphatic rings. The van der Waals surface area contributed by atoms with E-state index >= 15 is 0 Å². The Morgan fingerprint density at radius 1 is 1.47 bits per heavy atom. The zero-order chi connectivity index (χ0) is 13.8. The maximum Gasteiger partial charge on any atom is 0.255 e. The maximum atomic E-state index is 13.6. The Kier molecular flexibility index (Phi) is 5.11. The second-order valence-electron chi connectivity index (χ2n) is 4.79. The lowest BCUT2D eigenvalue weighted by Crippen LogP contribution is -2.39. The van der Waals surface area contributed by atoms with E-state index in [-0.39, 0.29) is 16.6 Å². The fraction of sp³-hybridized carbons (Fsp3) is 0.500. The van der Waals surface area contributed by atoms with Gasteiger partial charge in [-0.2, -0.15) is 11.8 Å². The van der Waals surface area contributed by atoms with Crippen molar-refractivity contribution in [3.8, 4) is 0 Å². The summed E-state index contributed by atoms with van der Waals surface area (Å²) in [5, 5.41) is 3.65. The van der Waals surface area contributed by atoms with Crippen LogP contribution in [0, 0.1) is 5.82 Å². The molecule has 1 aromatic rings. The fourth-order valence-electron chi connectivity index (χ4n) is 2.46. The number of amides is 1. The molecule has 1 saturated carbocycles. The van der Waals surface area contributed by atoms with Crippen LogP contribution in [0.3, 0.4) is 0 Å². The quantitative estimate of drug-likeness (QED) is 0.918. The molecule has 0 heterocycles. The third-order valence-electron chi connectivity index (χ3n) is 3.48. The van der Waals surface area contributed by atoms with Gasteiger partial charge in [-0.05, 0) is 37.7 Å². The molecule has 0 spiro atoms. The van der Waals surface area contributed by atoms with Gasteiger partial charge in [0.1, 0.15) is 5.82 Å². The summed E-state index contributed by atoms with van der Waals surface area (Å²) < 4.78 is 13.6. The average molecular weight is 302 g/mol. The van der Waals surface area contributed by atoms with Crippen LogP contribution in [0.2, 0.25) is 5.02 Å². The Balaban J connectivity index is 2.05. The van der Waals surface area contributed by atoms with Crippen LogP contribution in [0.5, 0.6) is 0 Å². The van der Waals surface area contributed by atoms with Crippen molar-refractivity contribution >= 4 is 29.3 Å². The molecule has 19 heavy (non-hydrogen) atoms. The first-order chi connectivity index (χ1) is 9.11. The highest BCUT2D eigenvalue weighted by molar-refractivity contribution is 7.99. The van der Waals surface area contributed by atoms with Crippen LogP contribution >= 0.6 is 23.4 Å². The fourth-order valence-corrected chi connectivity index (χ4v) is 3.54. The first-order valence-electron chi connectivity index (χ1n) is 6.39. The molecular weight excluding hydrogens is 285 g/mol. The van der Waals surface area contributed by atoms with Gasteiger partial charge in [0.25, 0.3) is 5.91 Å². The zero-order valence-corrected chi connectivity index (χ0v) is 12.4. The van der Waals surface area contributed by atoms with Crippen LogP contribution in [0.4, 0.5) is 4.39 Å². The lowest BCUT2D eigenvalue weighted by atomic mass is 9.94. The van der Waals surface area contributed by atoms with E-state index in [9.17, 15) is 9.18 Å². The van der Waals surface area contributed by atoms with Crippen molar-refractivity contribution in [2.24, 2.45) is 0 Å². The molecule has 0 aliphatic heterocycles. The molecule has 2 rings (SSSR count). The summed E-state index contributed by atoms with van der Waals surface area (Å²) in [5.41, 5.74) is -0.0459. The van der Waals surface area contributed by atoms with E-state index in [1.807, 2.05) is 11.8 Å². The molecule has 5 heteroatoms. The Labute approximate surface area is 122 Å². The largest absolute Gasteiger partial charge is 0.349 e. The van der Waals surface area contributed by atoms with Gasteiger partial charge in [0.15, 0.2) is 0 Å². The third-order valence-corrected chi connectivity index (χ3v) is 4.89. The summed E-state index contributed by atoms with van der Waals surface area (Å²) in [6, 6.07) is 4.41. The number of rotatable bonds is 3. The minimum atomic E-state index is -0.567. The number of halogens is 2. The highest BCUT2D eigenvalue weighted by Gasteiger charge is 2.24.